The maximum atomic E-state index is 4.58. The third-order valence-corrected chi connectivity index (χ3v) is 3.09. The van der Waals surface area contributed by atoms with Gasteiger partial charge in [0.2, 0.25) is 0 Å². The van der Waals surface area contributed by atoms with Gasteiger partial charge in [-0.05, 0) is 24.6 Å². The minimum absolute atomic E-state index is 0.790. The van der Waals surface area contributed by atoms with Crippen molar-refractivity contribution in [3.63, 3.8) is 0 Å². The summed E-state index contributed by atoms with van der Waals surface area (Å²) in [6, 6.07) is 12.2. The molecule has 3 N–H and O–H groups in total. The van der Waals surface area contributed by atoms with Crippen LogP contribution in [0.15, 0.2) is 41.4 Å². The summed E-state index contributed by atoms with van der Waals surface area (Å²) in [5.41, 5.74) is 1.01. The normalized spacial score (nSPS) is 11.4. The van der Waals surface area contributed by atoms with Crippen molar-refractivity contribution in [3.8, 4) is 0 Å². The number of nitrogens with one attached hydrogen (secondary N) is 3. The molecule has 2 rings (SSSR count). The van der Waals surface area contributed by atoms with E-state index < -0.39 is 0 Å². The summed E-state index contributed by atoms with van der Waals surface area (Å²) >= 11 is 0. The van der Waals surface area contributed by atoms with Crippen LogP contribution in [0.5, 0.6) is 0 Å². The third kappa shape index (κ3) is 4.63. The number of aliphatic imine (C=N–C) groups is 1. The quantitative estimate of drug-likeness (QED) is 0.433. The second kappa shape index (κ2) is 8.09. The fraction of sp³-hybridized carbons (Fsp3) is 0.375. The standard InChI is InChI=1S/C16H23N5/c1-3-10-19-16(17-2)20-12-11-18-15-9-8-13-6-4-5-7-14(13)21-15/h4-9H,3,10-12H2,1-2H3,(H,18,21)(H2,17,19,20). The molecule has 1 aromatic carbocycles. The van der Waals surface area contributed by atoms with Crippen molar-refractivity contribution in [3.05, 3.63) is 36.4 Å². The van der Waals surface area contributed by atoms with Gasteiger partial charge in [0.25, 0.3) is 0 Å². The van der Waals surface area contributed by atoms with Gasteiger partial charge in [0.1, 0.15) is 5.82 Å². The summed E-state index contributed by atoms with van der Waals surface area (Å²) in [4.78, 5) is 8.74. The van der Waals surface area contributed by atoms with Gasteiger partial charge < -0.3 is 16.0 Å². The second-order valence-electron chi connectivity index (χ2n) is 4.74. The lowest BCUT2D eigenvalue weighted by atomic mass is 10.2. The summed E-state index contributed by atoms with van der Waals surface area (Å²) < 4.78 is 0. The third-order valence-electron chi connectivity index (χ3n) is 3.09. The van der Waals surface area contributed by atoms with E-state index in [1.165, 1.54) is 0 Å². The molecule has 5 heteroatoms. The van der Waals surface area contributed by atoms with Crippen molar-refractivity contribution in [2.24, 2.45) is 4.99 Å². The van der Waals surface area contributed by atoms with Gasteiger partial charge in [-0.2, -0.15) is 0 Å². The number of hydrogen-bond acceptors (Lipinski definition) is 3. The fourth-order valence-corrected chi connectivity index (χ4v) is 2.00. The highest BCUT2D eigenvalue weighted by Gasteiger charge is 1.98. The Hall–Kier alpha value is -2.30. The van der Waals surface area contributed by atoms with Crippen molar-refractivity contribution in [1.29, 1.82) is 0 Å². The first-order valence-electron chi connectivity index (χ1n) is 7.37. The van der Waals surface area contributed by atoms with Crippen molar-refractivity contribution in [2.45, 2.75) is 13.3 Å². The number of rotatable bonds is 6. The number of aromatic nitrogens is 1. The molecule has 0 aliphatic carbocycles. The molecular weight excluding hydrogens is 262 g/mol. The predicted octanol–water partition coefficient (Wildman–Crippen LogP) is 2.22. The summed E-state index contributed by atoms with van der Waals surface area (Å²) in [6.45, 7) is 4.64. The number of anilines is 1. The Morgan fingerprint density at radius 3 is 2.67 bits per heavy atom. The number of fused-ring (bicyclic) bond motifs is 1. The minimum Gasteiger partial charge on any atom is -0.368 e. The second-order valence-corrected chi connectivity index (χ2v) is 4.74. The van der Waals surface area contributed by atoms with Crippen LogP contribution in [0.1, 0.15) is 13.3 Å². The maximum Gasteiger partial charge on any atom is 0.191 e. The molecule has 112 valence electrons. The van der Waals surface area contributed by atoms with Crippen LogP contribution in [0.2, 0.25) is 0 Å². The average molecular weight is 285 g/mol. The molecule has 0 aliphatic heterocycles. The minimum atomic E-state index is 0.790. The smallest absolute Gasteiger partial charge is 0.191 e. The van der Waals surface area contributed by atoms with E-state index in [9.17, 15) is 0 Å². The first-order valence-corrected chi connectivity index (χ1v) is 7.37. The van der Waals surface area contributed by atoms with Crippen LogP contribution in [-0.2, 0) is 0 Å². The van der Waals surface area contributed by atoms with E-state index in [4.69, 9.17) is 0 Å². The lowest BCUT2D eigenvalue weighted by Crippen LogP contribution is -2.39. The lowest BCUT2D eigenvalue weighted by molar-refractivity contribution is 0.784. The molecule has 0 fully saturated rings. The summed E-state index contributed by atoms with van der Waals surface area (Å²) in [6.07, 6.45) is 1.08. The zero-order valence-corrected chi connectivity index (χ0v) is 12.7. The van der Waals surface area contributed by atoms with E-state index in [1.807, 2.05) is 24.3 Å². The molecule has 0 amide bonds. The monoisotopic (exact) mass is 285 g/mol. The molecular formula is C16H23N5. The molecule has 0 spiro atoms. The largest absolute Gasteiger partial charge is 0.368 e. The van der Waals surface area contributed by atoms with Gasteiger partial charge in [0.15, 0.2) is 5.96 Å². The van der Waals surface area contributed by atoms with E-state index in [1.54, 1.807) is 7.05 Å². The van der Waals surface area contributed by atoms with Gasteiger partial charge in [0, 0.05) is 32.1 Å². The van der Waals surface area contributed by atoms with E-state index in [0.29, 0.717) is 0 Å². The van der Waals surface area contributed by atoms with E-state index in [2.05, 4.69) is 45.0 Å². The Kier molecular flexibility index (Phi) is 5.82. The van der Waals surface area contributed by atoms with Crippen LogP contribution in [0.25, 0.3) is 10.9 Å². The highest BCUT2D eigenvalue weighted by molar-refractivity contribution is 5.80. The Labute approximate surface area is 125 Å². The molecule has 21 heavy (non-hydrogen) atoms. The van der Waals surface area contributed by atoms with Crippen LogP contribution < -0.4 is 16.0 Å². The van der Waals surface area contributed by atoms with Gasteiger partial charge in [-0.15, -0.1) is 0 Å². The van der Waals surface area contributed by atoms with Crippen LogP contribution in [0.4, 0.5) is 5.82 Å². The van der Waals surface area contributed by atoms with Crippen molar-refractivity contribution in [2.75, 3.05) is 32.0 Å². The fourth-order valence-electron chi connectivity index (χ4n) is 2.00. The molecule has 5 nitrogen and oxygen atoms in total. The van der Waals surface area contributed by atoms with Gasteiger partial charge in [-0.3, -0.25) is 4.99 Å². The highest BCUT2D eigenvalue weighted by atomic mass is 15.2. The van der Waals surface area contributed by atoms with Gasteiger partial charge >= 0.3 is 0 Å². The van der Waals surface area contributed by atoms with Crippen molar-refractivity contribution < 1.29 is 0 Å². The summed E-state index contributed by atoms with van der Waals surface area (Å²) in [5, 5.41) is 11.0. The molecule has 0 radical (unpaired) electrons. The van der Waals surface area contributed by atoms with Gasteiger partial charge in [0.05, 0.1) is 5.52 Å². The molecule has 2 aromatic rings. The number of guanidine groups is 1. The van der Waals surface area contributed by atoms with Crippen LogP contribution >= 0.6 is 0 Å². The SMILES string of the molecule is CCCNC(=NC)NCCNc1ccc2ccccc2n1. The Bertz CT molecular complexity index is 594. The summed E-state index contributed by atoms with van der Waals surface area (Å²) in [5.74, 6) is 1.73. The average Bonchev–Trinajstić information content (AvgIpc) is 2.54. The maximum absolute atomic E-state index is 4.58. The zero-order chi connectivity index (χ0) is 14.9. The first-order chi connectivity index (χ1) is 10.3. The number of pyridine rings is 1. The first kappa shape index (κ1) is 15.1. The van der Waals surface area contributed by atoms with Crippen LogP contribution in [0.3, 0.4) is 0 Å². The molecule has 1 heterocycles. The highest BCUT2D eigenvalue weighted by Crippen LogP contribution is 2.13. The van der Waals surface area contributed by atoms with E-state index >= 15 is 0 Å². The van der Waals surface area contributed by atoms with Gasteiger partial charge in [-0.1, -0.05) is 25.1 Å². The molecule has 0 aliphatic rings. The Balaban J connectivity index is 1.79. The molecule has 0 atom stereocenters. The van der Waals surface area contributed by atoms with Crippen LogP contribution in [0, 0.1) is 0 Å². The Morgan fingerprint density at radius 1 is 1.05 bits per heavy atom. The van der Waals surface area contributed by atoms with E-state index in [0.717, 1.165) is 48.7 Å². The topological polar surface area (TPSA) is 61.3 Å². The zero-order valence-electron chi connectivity index (χ0n) is 12.7. The number of nitrogens with zero attached hydrogens (tertiary/aromatic N) is 2. The molecule has 0 saturated carbocycles. The van der Waals surface area contributed by atoms with E-state index in [-0.39, 0.29) is 0 Å². The summed E-state index contributed by atoms with van der Waals surface area (Å²) in [7, 11) is 1.78. The lowest BCUT2D eigenvalue weighted by Gasteiger charge is -2.12. The van der Waals surface area contributed by atoms with Crippen LogP contribution in [-0.4, -0.2) is 37.6 Å². The number of benzene rings is 1. The number of para-hydroxylation sites is 1. The van der Waals surface area contributed by atoms with Gasteiger partial charge in [-0.25, -0.2) is 4.98 Å². The molecule has 0 saturated heterocycles. The predicted molar refractivity (Wildman–Crippen MR) is 89.9 cm³/mol. The van der Waals surface area contributed by atoms with Crippen molar-refractivity contribution >= 4 is 22.7 Å². The Morgan fingerprint density at radius 2 is 1.86 bits per heavy atom. The molecule has 0 unspecified atom stereocenters. The molecule has 1 aromatic heterocycles. The number of hydrogen-bond donors (Lipinski definition) is 3. The van der Waals surface area contributed by atoms with Crippen molar-refractivity contribution in [1.82, 2.24) is 15.6 Å². The molecule has 0 bridgehead atoms.